The molecule has 0 unspecified atom stereocenters. The number of anilines is 1. The molecule has 38 heavy (non-hydrogen) atoms. The lowest BCUT2D eigenvalue weighted by Crippen LogP contribution is -2.43. The molecule has 1 aromatic carbocycles. The van der Waals surface area contributed by atoms with Crippen molar-refractivity contribution in [3.8, 4) is 11.3 Å². The number of nitrogen functional groups attached to an aromatic ring is 1. The Morgan fingerprint density at radius 3 is 2.47 bits per heavy atom. The van der Waals surface area contributed by atoms with E-state index in [1.165, 1.54) is 24.4 Å². The maximum atomic E-state index is 13.4. The number of likely N-dealkylation sites (tertiary alicyclic amines) is 1. The van der Waals surface area contributed by atoms with Crippen molar-refractivity contribution < 1.29 is 23.5 Å². The molecule has 0 saturated carbocycles. The van der Waals surface area contributed by atoms with E-state index in [0.29, 0.717) is 24.4 Å². The number of rotatable bonds is 5. The maximum absolute atomic E-state index is 13.4. The number of amides is 3. The van der Waals surface area contributed by atoms with Crippen molar-refractivity contribution in [1.29, 1.82) is 0 Å². The van der Waals surface area contributed by atoms with Crippen LogP contribution in [0.2, 0.25) is 0 Å². The molecule has 0 aliphatic carbocycles. The highest BCUT2D eigenvalue weighted by atomic mass is 19.1. The average Bonchev–Trinajstić information content (AvgIpc) is 3.20. The van der Waals surface area contributed by atoms with Gasteiger partial charge in [0.15, 0.2) is 11.5 Å². The van der Waals surface area contributed by atoms with E-state index < -0.39 is 35.4 Å². The van der Waals surface area contributed by atoms with Gasteiger partial charge in [-0.25, -0.2) is 23.8 Å². The third kappa shape index (κ3) is 5.74. The molecule has 0 bridgehead atoms. The van der Waals surface area contributed by atoms with Crippen LogP contribution in [0.25, 0.3) is 11.3 Å². The van der Waals surface area contributed by atoms with Gasteiger partial charge < -0.3 is 21.6 Å². The van der Waals surface area contributed by atoms with E-state index in [0.717, 1.165) is 23.6 Å². The van der Waals surface area contributed by atoms with Gasteiger partial charge >= 0.3 is 6.09 Å². The third-order valence-corrected chi connectivity index (χ3v) is 5.98. The van der Waals surface area contributed by atoms with Gasteiger partial charge in [0, 0.05) is 29.9 Å². The average molecular weight is 524 g/mol. The lowest BCUT2D eigenvalue weighted by atomic mass is 10.0. The second kappa shape index (κ2) is 10.5. The zero-order valence-corrected chi connectivity index (χ0v) is 21.4. The molecular formula is C26H30FN7O4. The van der Waals surface area contributed by atoms with E-state index in [2.05, 4.69) is 15.3 Å². The fraction of sp³-hybridized carbons (Fsp3) is 0.346. The number of carbonyl (C=O) groups is 3. The van der Waals surface area contributed by atoms with Crippen LogP contribution in [0.5, 0.6) is 0 Å². The molecule has 2 aromatic heterocycles. The fourth-order valence-corrected chi connectivity index (χ4v) is 4.30. The molecule has 1 saturated heterocycles. The lowest BCUT2D eigenvalue weighted by molar-refractivity contribution is 0.00821. The second-order valence-electron chi connectivity index (χ2n) is 9.98. The minimum atomic E-state index is -0.792. The number of piperidine rings is 1. The smallest absolute Gasteiger partial charge is 0.410 e. The number of primary amides is 1. The highest BCUT2D eigenvalue weighted by Gasteiger charge is 2.36. The van der Waals surface area contributed by atoms with E-state index in [1.54, 1.807) is 37.8 Å². The number of nitrogens with zero attached hydrogens (tertiary/aromatic N) is 4. The van der Waals surface area contributed by atoms with Crippen LogP contribution in [0.4, 0.5) is 15.0 Å². The van der Waals surface area contributed by atoms with Gasteiger partial charge in [-0.2, -0.15) is 0 Å². The molecule has 1 fully saturated rings. The number of ether oxygens (including phenoxy) is 1. The first kappa shape index (κ1) is 26.6. The molecule has 1 atom stereocenters. The number of hydrogen-bond acceptors (Lipinski definition) is 7. The van der Waals surface area contributed by atoms with Crippen LogP contribution in [0.1, 0.15) is 72.7 Å². The fourth-order valence-electron chi connectivity index (χ4n) is 4.30. The molecule has 200 valence electrons. The van der Waals surface area contributed by atoms with Crippen molar-refractivity contribution in [3.63, 3.8) is 0 Å². The van der Waals surface area contributed by atoms with Gasteiger partial charge in [-0.3, -0.25) is 14.5 Å². The highest BCUT2D eigenvalue weighted by Crippen LogP contribution is 2.34. The molecule has 3 amide bonds. The normalized spacial score (nSPS) is 15.7. The zero-order valence-electron chi connectivity index (χ0n) is 21.4. The summed E-state index contributed by atoms with van der Waals surface area (Å²) in [6.45, 7) is 5.82. The van der Waals surface area contributed by atoms with Crippen molar-refractivity contribution in [1.82, 2.24) is 19.5 Å². The summed E-state index contributed by atoms with van der Waals surface area (Å²) in [6.07, 6.45) is 2.97. The third-order valence-electron chi connectivity index (χ3n) is 5.98. The number of nitrogens with one attached hydrogen (secondary N) is 1. The Morgan fingerprint density at radius 1 is 1.13 bits per heavy atom. The summed E-state index contributed by atoms with van der Waals surface area (Å²) in [7, 11) is 0. The number of pyridine rings is 1. The standard InChI is InChI=1S/C26H30FN7O4/c1-26(2,3)38-25(37)33-13-5-4-6-18(33)23-32-20(21(22(28)35)34(23)29)15-7-9-16(10-8-15)24(36)31-19-14-17(27)11-12-30-19/h7-12,14,18H,4-6,13,29H2,1-3H3,(H2,28,35)(H,30,31,36)/t18-/m0/s1. The monoisotopic (exact) mass is 523 g/mol. The minimum Gasteiger partial charge on any atom is -0.444 e. The summed E-state index contributed by atoms with van der Waals surface area (Å²) in [5, 5.41) is 2.52. The topological polar surface area (TPSA) is 158 Å². The van der Waals surface area contributed by atoms with E-state index >= 15 is 0 Å². The van der Waals surface area contributed by atoms with Gasteiger partial charge in [-0.05, 0) is 58.2 Å². The lowest BCUT2D eigenvalue weighted by Gasteiger charge is -2.36. The maximum Gasteiger partial charge on any atom is 0.410 e. The summed E-state index contributed by atoms with van der Waals surface area (Å²) in [5.41, 5.74) is 5.94. The van der Waals surface area contributed by atoms with Crippen LogP contribution < -0.4 is 16.9 Å². The highest BCUT2D eigenvalue weighted by molar-refractivity contribution is 6.04. The number of halogens is 1. The second-order valence-corrected chi connectivity index (χ2v) is 9.98. The summed E-state index contributed by atoms with van der Waals surface area (Å²) in [4.78, 5) is 48.0. The molecule has 1 aliphatic heterocycles. The van der Waals surface area contributed by atoms with Gasteiger partial charge in [0.25, 0.3) is 11.8 Å². The van der Waals surface area contributed by atoms with Crippen LogP contribution in [-0.4, -0.2) is 49.6 Å². The van der Waals surface area contributed by atoms with Crippen LogP contribution >= 0.6 is 0 Å². The Kier molecular flexibility index (Phi) is 7.33. The minimum absolute atomic E-state index is 0.0316. The number of nitrogens with two attached hydrogens (primary N) is 2. The van der Waals surface area contributed by atoms with Gasteiger partial charge in [0.2, 0.25) is 0 Å². The van der Waals surface area contributed by atoms with Gasteiger partial charge in [0.05, 0.1) is 6.04 Å². The summed E-state index contributed by atoms with van der Waals surface area (Å²) >= 11 is 0. The van der Waals surface area contributed by atoms with E-state index in [1.807, 2.05) is 0 Å². The van der Waals surface area contributed by atoms with Crippen molar-refractivity contribution in [2.24, 2.45) is 5.73 Å². The van der Waals surface area contributed by atoms with E-state index in [9.17, 15) is 18.8 Å². The summed E-state index contributed by atoms with van der Waals surface area (Å²) in [6, 6.07) is 8.00. The van der Waals surface area contributed by atoms with E-state index in [4.69, 9.17) is 16.3 Å². The van der Waals surface area contributed by atoms with Crippen LogP contribution in [-0.2, 0) is 4.74 Å². The van der Waals surface area contributed by atoms with Crippen LogP contribution in [0.3, 0.4) is 0 Å². The zero-order chi connectivity index (χ0) is 27.6. The number of benzene rings is 1. The molecule has 5 N–H and O–H groups in total. The number of aromatic nitrogens is 3. The van der Waals surface area contributed by atoms with Crippen molar-refractivity contribution >= 4 is 23.7 Å². The quantitative estimate of drug-likeness (QED) is 0.431. The first-order valence-corrected chi connectivity index (χ1v) is 12.1. The predicted octanol–water partition coefficient (Wildman–Crippen LogP) is 3.61. The largest absolute Gasteiger partial charge is 0.444 e. The predicted molar refractivity (Wildman–Crippen MR) is 138 cm³/mol. The van der Waals surface area contributed by atoms with Crippen LogP contribution in [0.15, 0.2) is 42.6 Å². The molecule has 4 rings (SSSR count). The number of imidazole rings is 1. The van der Waals surface area contributed by atoms with Gasteiger partial charge in [-0.15, -0.1) is 0 Å². The molecule has 0 spiro atoms. The molecule has 1 aliphatic rings. The molecular weight excluding hydrogens is 493 g/mol. The summed E-state index contributed by atoms with van der Waals surface area (Å²) in [5.74, 6) is 4.87. The first-order chi connectivity index (χ1) is 17.9. The van der Waals surface area contributed by atoms with E-state index in [-0.39, 0.29) is 22.8 Å². The molecule has 12 heteroatoms. The first-order valence-electron chi connectivity index (χ1n) is 12.1. The molecule has 3 heterocycles. The SMILES string of the molecule is CC(C)(C)OC(=O)N1CCCC[C@H]1c1nc(-c2ccc(C(=O)Nc3cc(F)ccn3)cc2)c(C(N)=O)n1N. The van der Waals surface area contributed by atoms with Crippen molar-refractivity contribution in [2.45, 2.75) is 51.7 Å². The van der Waals surface area contributed by atoms with Gasteiger partial charge in [-0.1, -0.05) is 12.1 Å². The van der Waals surface area contributed by atoms with Crippen molar-refractivity contribution in [2.75, 3.05) is 17.7 Å². The Balaban J connectivity index is 1.64. The molecule has 0 radical (unpaired) electrons. The molecule has 3 aromatic rings. The van der Waals surface area contributed by atoms with Gasteiger partial charge in [0.1, 0.15) is 22.9 Å². The summed E-state index contributed by atoms with van der Waals surface area (Å²) < 4.78 is 20.1. The van der Waals surface area contributed by atoms with Crippen LogP contribution in [0, 0.1) is 5.82 Å². The van der Waals surface area contributed by atoms with Crippen molar-refractivity contribution in [3.05, 3.63) is 65.5 Å². The number of carbonyl (C=O) groups excluding carboxylic acids is 3. The number of hydrogen-bond donors (Lipinski definition) is 3. The Bertz CT molecular complexity index is 1360. The Hall–Kier alpha value is -4.48. The Morgan fingerprint density at radius 2 is 1.84 bits per heavy atom. The molecule has 11 nitrogen and oxygen atoms in total. The Labute approximate surface area is 219 Å².